The van der Waals surface area contributed by atoms with E-state index in [1.807, 2.05) is 0 Å². The number of benzene rings is 1. The highest BCUT2D eigenvalue weighted by atomic mass is 79.9. The topological polar surface area (TPSA) is 61.0 Å². The fourth-order valence-electron chi connectivity index (χ4n) is 1.07. The summed E-state index contributed by atoms with van der Waals surface area (Å²) in [5, 5.41) is 0.910. The van der Waals surface area contributed by atoms with Crippen LogP contribution < -0.4 is 10.5 Å². The minimum atomic E-state index is 0.291. The first-order chi connectivity index (χ1) is 8.06. The van der Waals surface area contributed by atoms with E-state index < -0.39 is 0 Å². The average Bonchev–Trinajstić information content (AvgIpc) is 2.29. The Morgan fingerprint density at radius 3 is 2.53 bits per heavy atom. The number of aromatic nitrogens is 2. The molecule has 0 atom stereocenters. The van der Waals surface area contributed by atoms with Crippen molar-refractivity contribution in [3.8, 4) is 11.6 Å². The number of anilines is 1. The number of ether oxygens (including phenoxy) is 1. The van der Waals surface area contributed by atoms with Gasteiger partial charge >= 0.3 is 0 Å². The molecule has 0 saturated carbocycles. The fourth-order valence-corrected chi connectivity index (χ4v) is 1.91. The molecule has 1 aromatic heterocycles. The molecule has 0 aliphatic carbocycles. The number of halogens is 3. The van der Waals surface area contributed by atoms with Gasteiger partial charge in [0.05, 0.1) is 22.4 Å². The van der Waals surface area contributed by atoms with Crippen LogP contribution in [0.2, 0.25) is 10.0 Å². The third kappa shape index (κ3) is 3.00. The lowest BCUT2D eigenvalue weighted by Gasteiger charge is -2.07. The summed E-state index contributed by atoms with van der Waals surface area (Å²) in [7, 11) is 0. The maximum atomic E-state index is 6.00. The zero-order valence-electron chi connectivity index (χ0n) is 8.32. The van der Waals surface area contributed by atoms with E-state index in [0.29, 0.717) is 32.0 Å². The van der Waals surface area contributed by atoms with E-state index in [1.54, 1.807) is 12.1 Å². The first-order valence-electron chi connectivity index (χ1n) is 4.46. The highest BCUT2D eigenvalue weighted by Crippen LogP contribution is 2.35. The number of nitrogens with zero attached hydrogens (tertiary/aromatic N) is 2. The molecule has 0 radical (unpaired) electrons. The first-order valence-corrected chi connectivity index (χ1v) is 6.01. The van der Waals surface area contributed by atoms with Crippen LogP contribution in [0.4, 0.5) is 5.82 Å². The summed E-state index contributed by atoms with van der Waals surface area (Å²) in [6, 6.07) is 3.23. The first kappa shape index (κ1) is 12.4. The number of rotatable bonds is 2. The number of nitrogen functional groups attached to an aromatic ring is 1. The maximum Gasteiger partial charge on any atom is 0.238 e. The van der Waals surface area contributed by atoms with Crippen molar-refractivity contribution < 1.29 is 4.74 Å². The van der Waals surface area contributed by atoms with E-state index >= 15 is 0 Å². The van der Waals surface area contributed by atoms with Gasteiger partial charge in [-0.05, 0) is 22.0 Å². The van der Waals surface area contributed by atoms with E-state index in [0.717, 1.165) is 0 Å². The van der Waals surface area contributed by atoms with Crippen LogP contribution in [0.1, 0.15) is 0 Å². The van der Waals surface area contributed by atoms with Gasteiger partial charge < -0.3 is 10.5 Å². The van der Waals surface area contributed by atoms with Gasteiger partial charge in [0.2, 0.25) is 5.88 Å². The van der Waals surface area contributed by atoms with Crippen LogP contribution in [0.25, 0.3) is 0 Å². The largest absolute Gasteiger partial charge is 0.436 e. The lowest BCUT2D eigenvalue weighted by Crippen LogP contribution is -1.94. The molecule has 0 aliphatic heterocycles. The van der Waals surface area contributed by atoms with Gasteiger partial charge in [-0.2, -0.15) is 0 Å². The summed E-state index contributed by atoms with van der Waals surface area (Å²) in [4.78, 5) is 7.79. The highest BCUT2D eigenvalue weighted by Gasteiger charge is 2.08. The molecule has 0 unspecified atom stereocenters. The Kier molecular flexibility index (Phi) is 3.71. The van der Waals surface area contributed by atoms with Gasteiger partial charge in [-0.15, -0.1) is 0 Å². The zero-order valence-corrected chi connectivity index (χ0v) is 11.4. The second kappa shape index (κ2) is 5.08. The lowest BCUT2D eigenvalue weighted by atomic mass is 10.3. The number of hydrogen-bond acceptors (Lipinski definition) is 4. The molecule has 0 aliphatic rings. The third-order valence-corrected chi connectivity index (χ3v) is 3.33. The van der Waals surface area contributed by atoms with Crippen LogP contribution in [0.3, 0.4) is 0 Å². The fraction of sp³-hybridized carbons (Fsp3) is 0. The highest BCUT2D eigenvalue weighted by molar-refractivity contribution is 9.10. The van der Waals surface area contributed by atoms with Gasteiger partial charge in [-0.25, -0.2) is 9.97 Å². The molecule has 0 spiro atoms. The Morgan fingerprint density at radius 1 is 1.12 bits per heavy atom. The molecule has 0 amide bonds. The van der Waals surface area contributed by atoms with Crippen molar-refractivity contribution in [1.29, 1.82) is 0 Å². The van der Waals surface area contributed by atoms with Gasteiger partial charge in [-0.1, -0.05) is 23.2 Å². The molecule has 1 heterocycles. The summed E-state index contributed by atoms with van der Waals surface area (Å²) in [6.45, 7) is 0. The molecule has 0 saturated heterocycles. The van der Waals surface area contributed by atoms with E-state index in [1.165, 1.54) is 12.4 Å². The van der Waals surface area contributed by atoms with Crippen molar-refractivity contribution >= 4 is 44.9 Å². The molecular weight excluding hydrogens is 329 g/mol. The summed E-state index contributed by atoms with van der Waals surface area (Å²) in [6.07, 6.45) is 2.80. The molecule has 2 aromatic rings. The minimum absolute atomic E-state index is 0.291. The molecule has 2 N–H and O–H groups in total. The standard InChI is InChI=1S/C10H6BrCl2N3O/c11-5-1-7(13)8(2-6(5)12)17-10-4-15-9(14)3-16-10/h1-4H,(H2,14,15). The quantitative estimate of drug-likeness (QED) is 0.845. The van der Waals surface area contributed by atoms with Crippen LogP contribution in [-0.4, -0.2) is 9.97 Å². The predicted octanol–water partition coefficient (Wildman–Crippen LogP) is 3.92. The Labute approximate surface area is 116 Å². The Morgan fingerprint density at radius 2 is 1.88 bits per heavy atom. The summed E-state index contributed by atoms with van der Waals surface area (Å²) >= 11 is 15.2. The predicted molar refractivity (Wildman–Crippen MR) is 70.7 cm³/mol. The van der Waals surface area contributed by atoms with E-state index in [2.05, 4.69) is 25.9 Å². The van der Waals surface area contributed by atoms with Crippen LogP contribution in [0, 0.1) is 0 Å². The van der Waals surface area contributed by atoms with Gasteiger partial charge in [-0.3, -0.25) is 0 Å². The maximum absolute atomic E-state index is 6.00. The second-order valence-electron chi connectivity index (χ2n) is 3.08. The molecule has 0 fully saturated rings. The number of hydrogen-bond donors (Lipinski definition) is 1. The molecule has 88 valence electrons. The van der Waals surface area contributed by atoms with Crippen LogP contribution >= 0.6 is 39.1 Å². The van der Waals surface area contributed by atoms with E-state index in [4.69, 9.17) is 33.7 Å². The Bertz CT molecular complexity index is 548. The smallest absolute Gasteiger partial charge is 0.238 e. The second-order valence-corrected chi connectivity index (χ2v) is 4.75. The monoisotopic (exact) mass is 333 g/mol. The summed E-state index contributed by atoms with van der Waals surface area (Å²) in [5.74, 6) is 1.01. The van der Waals surface area contributed by atoms with Gasteiger partial charge in [0, 0.05) is 10.5 Å². The SMILES string of the molecule is Nc1cnc(Oc2cc(Cl)c(Br)cc2Cl)cn1. The average molecular weight is 335 g/mol. The van der Waals surface area contributed by atoms with Crippen molar-refractivity contribution in [3.63, 3.8) is 0 Å². The Balaban J connectivity index is 2.30. The van der Waals surface area contributed by atoms with Gasteiger partial charge in [0.1, 0.15) is 11.6 Å². The molecule has 1 aromatic carbocycles. The number of nitrogens with two attached hydrogens (primary N) is 1. The minimum Gasteiger partial charge on any atom is -0.436 e. The van der Waals surface area contributed by atoms with Crippen molar-refractivity contribution in [2.24, 2.45) is 0 Å². The van der Waals surface area contributed by atoms with Crippen LogP contribution in [-0.2, 0) is 0 Å². The molecule has 2 rings (SSSR count). The molecule has 4 nitrogen and oxygen atoms in total. The zero-order chi connectivity index (χ0) is 12.4. The lowest BCUT2D eigenvalue weighted by molar-refractivity contribution is 0.460. The third-order valence-electron chi connectivity index (χ3n) is 1.84. The molecular formula is C10H6BrCl2N3O. The van der Waals surface area contributed by atoms with Crippen molar-refractivity contribution in [3.05, 3.63) is 39.0 Å². The molecule has 7 heteroatoms. The van der Waals surface area contributed by atoms with Crippen LogP contribution in [0.5, 0.6) is 11.6 Å². The van der Waals surface area contributed by atoms with Gasteiger partial charge in [0.25, 0.3) is 0 Å². The Hall–Kier alpha value is -1.04. The van der Waals surface area contributed by atoms with Crippen LogP contribution in [0.15, 0.2) is 29.0 Å². The summed E-state index contributed by atoms with van der Waals surface area (Å²) in [5.41, 5.74) is 5.41. The van der Waals surface area contributed by atoms with Gasteiger partial charge in [0.15, 0.2) is 0 Å². The van der Waals surface area contributed by atoms with Crippen molar-refractivity contribution in [2.75, 3.05) is 5.73 Å². The van der Waals surface area contributed by atoms with Crippen molar-refractivity contribution in [1.82, 2.24) is 9.97 Å². The van der Waals surface area contributed by atoms with E-state index in [9.17, 15) is 0 Å². The van der Waals surface area contributed by atoms with Crippen molar-refractivity contribution in [2.45, 2.75) is 0 Å². The molecule has 0 bridgehead atoms. The van der Waals surface area contributed by atoms with E-state index in [-0.39, 0.29) is 0 Å². The molecule has 17 heavy (non-hydrogen) atoms. The summed E-state index contributed by atoms with van der Waals surface area (Å²) < 4.78 is 6.13. The normalized spacial score (nSPS) is 10.3.